The van der Waals surface area contributed by atoms with Crippen molar-refractivity contribution in [1.29, 1.82) is 5.26 Å². The van der Waals surface area contributed by atoms with Gasteiger partial charge in [-0.05, 0) is 134 Å². The van der Waals surface area contributed by atoms with Crippen molar-refractivity contribution >= 4 is 91.9 Å². The Hall–Kier alpha value is -8.36. The molecule has 0 unspecified atom stereocenters. The zero-order valence-electron chi connectivity index (χ0n) is 54.5. The molecule has 0 saturated carbocycles. The van der Waals surface area contributed by atoms with E-state index in [9.17, 15) is 33.5 Å². The number of aromatic nitrogens is 3. The van der Waals surface area contributed by atoms with Gasteiger partial charge in [-0.2, -0.15) is 5.26 Å². The molecule has 3 atom stereocenters. The number of carbonyl (C=O) groups is 4. The Bertz CT molecular complexity index is 4240. The largest absolute Gasteiger partial charge is 0.490 e. The van der Waals surface area contributed by atoms with Crippen molar-refractivity contribution in [3.05, 3.63) is 210 Å². The number of ketones is 1. The van der Waals surface area contributed by atoms with E-state index in [2.05, 4.69) is 60.5 Å². The summed E-state index contributed by atoms with van der Waals surface area (Å²) in [5.74, 6) is 1.60. The predicted octanol–water partition coefficient (Wildman–Crippen LogP) is 12.5. The molecule has 98 heavy (non-hydrogen) atoms. The van der Waals surface area contributed by atoms with Gasteiger partial charge in [-0.15, -0.1) is 0 Å². The van der Waals surface area contributed by atoms with Crippen molar-refractivity contribution in [3.63, 3.8) is 0 Å². The van der Waals surface area contributed by atoms with Gasteiger partial charge in [0.05, 0.1) is 49.0 Å². The maximum absolute atomic E-state index is 13.3. The predicted molar refractivity (Wildman–Crippen MR) is 388 cm³/mol. The third-order valence-corrected chi connectivity index (χ3v) is 19.0. The molecular formula is C74H87Cl4FN10O9. The summed E-state index contributed by atoms with van der Waals surface area (Å²) in [6.07, 6.45) is 11.1. The Balaban J connectivity index is 0.000000236. The highest BCUT2D eigenvalue weighted by atomic mass is 35.5. The fourth-order valence-corrected chi connectivity index (χ4v) is 13.0. The van der Waals surface area contributed by atoms with E-state index in [1.54, 1.807) is 60.7 Å². The molecule has 19 nitrogen and oxygen atoms in total. The number of carbonyl (C=O) groups excluding carboxylic acids is 4. The fourth-order valence-electron chi connectivity index (χ4n) is 12.4. The van der Waals surface area contributed by atoms with Gasteiger partial charge in [0, 0.05) is 132 Å². The molecule has 5 aromatic carbocycles. The molecule has 0 spiro atoms. The second-order valence-electron chi connectivity index (χ2n) is 25.3. The number of H-pyrrole nitrogens is 1. The van der Waals surface area contributed by atoms with E-state index in [0.717, 1.165) is 114 Å². The highest BCUT2D eigenvalue weighted by molar-refractivity contribution is 6.42. The van der Waals surface area contributed by atoms with Crippen LogP contribution in [0.5, 0.6) is 17.2 Å². The number of halogens is 5. The molecule has 3 aliphatic heterocycles. The summed E-state index contributed by atoms with van der Waals surface area (Å²) < 4.78 is 32.8. The summed E-state index contributed by atoms with van der Waals surface area (Å²) in [4.78, 5) is 75.6. The van der Waals surface area contributed by atoms with Crippen LogP contribution < -0.4 is 35.7 Å². The van der Waals surface area contributed by atoms with Crippen LogP contribution in [0, 0.1) is 29.0 Å². The number of hydrogen-bond donors (Lipinski definition) is 5. The van der Waals surface area contributed by atoms with Crippen LogP contribution in [0.1, 0.15) is 95.6 Å². The number of hydrogen-bond acceptors (Lipinski definition) is 14. The molecule has 6 heterocycles. The Labute approximate surface area is 594 Å². The minimum absolute atomic E-state index is 0. The second-order valence-corrected chi connectivity index (χ2v) is 26.9. The number of aromatic amines is 1. The highest BCUT2D eigenvalue weighted by Gasteiger charge is 2.28. The average molecular weight is 1420 g/mol. The maximum Gasteiger partial charge on any atom is 0.271 e. The van der Waals surface area contributed by atoms with E-state index in [0.29, 0.717) is 90.9 Å². The first-order chi connectivity index (χ1) is 47.3. The molecule has 3 saturated heterocycles. The standard InChI is InChI=1S/C26H28Cl2N2O3.C26H28N4O3.C22H23Cl2FN4O3.4H2/c1-17(15-29-26(32)23-13-19(31)12-18-4-2-3-5-22(18)23)16-30-10-8-20(9-11-30)33-21-6-7-24(27)25(28)14-21;1-18(15-28-26(32)24-16-29-25(31)23-5-3-2-4-22(23)24)17-30-12-10-21(11-13-30)33-20-8-6-19(14-27)7-9-20;23-18-3-2-17(9-19(18)24)32-16-5-7-28(8-6-16)12-15(30)10-26-22(31)20-13-29-11-14(25)1-4-21(29)27-20;;;;/h2-7,13-14,17,20H,8-12,15-16H2,1H3,(H,29,32);2-9,16,18,21H,10-13,15,17H2,1H3,(H,28,32)(H,29,31);1-4,9,11,13,15-16,30H,5-8,10,12H2,(H,26,31);4*1H/t17-;18-;15-;;;;/m111..../s1. The van der Waals surface area contributed by atoms with Gasteiger partial charge in [0.2, 0.25) is 0 Å². The summed E-state index contributed by atoms with van der Waals surface area (Å²) in [5.41, 5.74) is 3.80. The first kappa shape index (κ1) is 72.4. The monoisotopic (exact) mass is 1420 g/mol. The number of pyridine rings is 2. The summed E-state index contributed by atoms with van der Waals surface area (Å²) >= 11 is 24.0. The number of nitrogens with zero attached hydrogens (tertiary/aromatic N) is 6. The molecule has 1 aliphatic carbocycles. The number of aliphatic hydroxyl groups is 1. The van der Waals surface area contributed by atoms with Crippen LogP contribution in [-0.2, 0) is 16.0 Å². The normalized spacial score (nSPS) is 16.6. The fraction of sp³-hybridized carbons (Fsp3) is 0.365. The maximum atomic E-state index is 13.3. The number of allylic oxidation sites excluding steroid dienone is 1. The molecule has 4 aliphatic rings. The van der Waals surface area contributed by atoms with Crippen LogP contribution in [-0.4, -0.2) is 161 Å². The molecular weight excluding hydrogens is 1330 g/mol. The van der Waals surface area contributed by atoms with Crippen LogP contribution in [0.3, 0.4) is 0 Å². The van der Waals surface area contributed by atoms with Crippen LogP contribution in [0.15, 0.2) is 151 Å². The van der Waals surface area contributed by atoms with Gasteiger partial charge >= 0.3 is 0 Å². The molecule has 24 heteroatoms. The van der Waals surface area contributed by atoms with Crippen LogP contribution >= 0.6 is 46.4 Å². The summed E-state index contributed by atoms with van der Waals surface area (Å²) in [6.45, 7) is 13.0. The first-order valence-corrected chi connectivity index (χ1v) is 34.5. The Kier molecular flexibility index (Phi) is 25.8. The van der Waals surface area contributed by atoms with Gasteiger partial charge in [0.25, 0.3) is 23.3 Å². The Morgan fingerprint density at radius 1 is 0.633 bits per heavy atom. The number of likely N-dealkylation sites (tertiary alicyclic amines) is 3. The lowest BCUT2D eigenvalue weighted by Crippen LogP contribution is -2.45. The van der Waals surface area contributed by atoms with E-state index >= 15 is 0 Å². The Morgan fingerprint density at radius 2 is 1.14 bits per heavy atom. The van der Waals surface area contributed by atoms with E-state index in [1.165, 1.54) is 41.2 Å². The van der Waals surface area contributed by atoms with E-state index in [1.807, 2.05) is 48.5 Å². The van der Waals surface area contributed by atoms with Crippen LogP contribution in [0.25, 0.3) is 22.0 Å². The third-order valence-electron chi connectivity index (χ3n) is 17.5. The number of benzene rings is 5. The second kappa shape index (κ2) is 34.9. The van der Waals surface area contributed by atoms with Crippen molar-refractivity contribution in [2.45, 2.75) is 83.2 Å². The number of rotatable bonds is 21. The van der Waals surface area contributed by atoms with Gasteiger partial charge in [0.15, 0.2) is 5.78 Å². The van der Waals surface area contributed by atoms with E-state index < -0.39 is 17.8 Å². The molecule has 12 rings (SSSR count). The zero-order chi connectivity index (χ0) is 69.2. The lowest BCUT2D eigenvalue weighted by molar-refractivity contribution is -0.117. The highest BCUT2D eigenvalue weighted by Crippen LogP contribution is 2.31. The van der Waals surface area contributed by atoms with Crippen LogP contribution in [0.2, 0.25) is 20.1 Å². The average Bonchev–Trinajstić information content (AvgIpc) is 0.912. The quantitative estimate of drug-likeness (QED) is 0.0450. The van der Waals surface area contributed by atoms with Crippen molar-refractivity contribution in [3.8, 4) is 23.3 Å². The lowest BCUT2D eigenvalue weighted by Gasteiger charge is -2.33. The molecule has 3 amide bonds. The molecule has 3 aromatic heterocycles. The summed E-state index contributed by atoms with van der Waals surface area (Å²) in [6, 6.07) is 37.5. The molecule has 8 aromatic rings. The minimum Gasteiger partial charge on any atom is -0.490 e. The number of fused-ring (bicyclic) bond motifs is 3. The van der Waals surface area contributed by atoms with Gasteiger partial charge in [-0.3, -0.25) is 24.0 Å². The van der Waals surface area contributed by atoms with Gasteiger partial charge in [0.1, 0.15) is 52.7 Å². The molecule has 5 N–H and O–H groups in total. The molecule has 0 bridgehead atoms. The van der Waals surface area contributed by atoms with Crippen molar-refractivity contribution < 1.29 is 48.6 Å². The number of nitrogens with one attached hydrogen (secondary N) is 4. The van der Waals surface area contributed by atoms with Gasteiger partial charge < -0.3 is 59.4 Å². The smallest absolute Gasteiger partial charge is 0.271 e. The molecule has 0 radical (unpaired) electrons. The number of nitriles is 1. The SMILES string of the molecule is C[C@H](CNC(=O)C1=CC(=O)Cc2ccccc21)CN1CCC(Oc2ccc(Cl)c(Cl)c2)CC1.C[C@H](CNC(=O)c1c[nH]c(=O)c2ccccc12)CN1CCC(Oc2ccc(C#N)cc2)CC1.O=C(NC[C@@H](O)CN1CCC(Oc2ccc(Cl)c(Cl)c2)CC1)c1cn2cc(F)ccc2n1.[HH].[HH].[HH].[HH]. The summed E-state index contributed by atoms with van der Waals surface area (Å²) in [5, 5.41) is 31.1. The minimum atomic E-state index is -0.721. The first-order valence-electron chi connectivity index (χ1n) is 33.0. The van der Waals surface area contributed by atoms with E-state index in [-0.39, 0.29) is 65.3 Å². The van der Waals surface area contributed by atoms with Crippen molar-refractivity contribution in [2.75, 3.05) is 78.5 Å². The van der Waals surface area contributed by atoms with E-state index in [4.69, 9.17) is 65.9 Å². The number of ether oxygens (including phenoxy) is 3. The number of β-amino-alcohol motifs (C(OH)–C–C–N with tert-alkyl or cyclic N) is 1. The number of piperidine rings is 3. The molecule has 522 valence electrons. The number of amides is 3. The van der Waals surface area contributed by atoms with Gasteiger partial charge in [-0.25, -0.2) is 9.37 Å². The topological polar surface area (TPSA) is 236 Å². The van der Waals surface area contributed by atoms with Crippen molar-refractivity contribution in [2.24, 2.45) is 11.8 Å². The number of imidazole rings is 1. The van der Waals surface area contributed by atoms with Crippen molar-refractivity contribution in [1.82, 2.24) is 45.0 Å². The number of aliphatic hydroxyl groups excluding tert-OH is 1. The third kappa shape index (κ3) is 20.6. The van der Waals surface area contributed by atoms with Gasteiger partial charge in [-0.1, -0.05) is 103 Å². The summed E-state index contributed by atoms with van der Waals surface area (Å²) in [7, 11) is 0. The Morgan fingerprint density at radius 3 is 1.71 bits per heavy atom. The van der Waals surface area contributed by atoms with Crippen LogP contribution in [0.4, 0.5) is 4.39 Å². The molecule has 3 fully saturated rings. The zero-order valence-corrected chi connectivity index (χ0v) is 57.6. The lowest BCUT2D eigenvalue weighted by atomic mass is 9.89.